The maximum Gasteiger partial charge on any atom is 0.438 e. The average Bonchev–Trinajstić information content (AvgIpc) is 2.26. The normalized spacial score (nSPS) is 12.1. The molecule has 0 rings (SSSR count). The molecule has 9 heteroatoms. The van der Waals surface area contributed by atoms with Crippen LogP contribution in [0.25, 0.3) is 0 Å². The summed E-state index contributed by atoms with van der Waals surface area (Å²) in [6.07, 6.45) is -4.73. The fourth-order valence-corrected chi connectivity index (χ4v) is 0.820. The monoisotopic (exact) mass is 328 g/mol. The lowest BCUT2D eigenvalue weighted by molar-refractivity contribution is -0.824. The van der Waals surface area contributed by atoms with Crippen LogP contribution in [0.3, 0.4) is 0 Å². The van der Waals surface area contributed by atoms with Crippen molar-refractivity contribution in [3.05, 3.63) is 25.3 Å². The summed E-state index contributed by atoms with van der Waals surface area (Å²) in [6, 6.07) is 0. The first-order valence-electron chi connectivity index (χ1n) is 5.04. The third-order valence-corrected chi connectivity index (χ3v) is 1.34. The van der Waals surface area contributed by atoms with Gasteiger partial charge in [-0.3, -0.25) is 4.90 Å². The Morgan fingerprint density at radius 1 is 1.15 bits per heavy atom. The molecule has 0 aliphatic rings. The lowest BCUT2D eigenvalue weighted by atomic mass is 10.4. The number of quaternary nitrogens is 1. The number of halogens is 7. The summed E-state index contributed by atoms with van der Waals surface area (Å²) in [7, 11) is 0. The molecule has 2 nitrogen and oxygen atoms in total. The van der Waals surface area contributed by atoms with Gasteiger partial charge < -0.3 is 0 Å². The second-order valence-corrected chi connectivity index (χ2v) is 3.24. The SMILES string of the molecule is C=CC[NH+](CC(F)(F)F)C(=O)C=C.CC(F)(F)F.CCl. The molecule has 0 saturated heterocycles. The van der Waals surface area contributed by atoms with Crippen LogP contribution in [0, 0.1) is 0 Å². The lowest BCUT2D eigenvalue weighted by Crippen LogP contribution is -3.15. The Labute approximate surface area is 118 Å². The topological polar surface area (TPSA) is 21.5 Å². The summed E-state index contributed by atoms with van der Waals surface area (Å²) < 4.78 is 66.7. The average molecular weight is 329 g/mol. The highest BCUT2D eigenvalue weighted by Crippen LogP contribution is 2.11. The molecule has 0 aliphatic carbocycles. The van der Waals surface area contributed by atoms with Gasteiger partial charge in [0.05, 0.1) is 0 Å². The summed E-state index contributed by atoms with van der Waals surface area (Å²) in [6.45, 7) is 5.34. The van der Waals surface area contributed by atoms with E-state index in [2.05, 4.69) is 24.8 Å². The molecule has 120 valence electrons. The van der Waals surface area contributed by atoms with Crippen LogP contribution >= 0.6 is 11.6 Å². The van der Waals surface area contributed by atoms with Crippen molar-refractivity contribution in [3.8, 4) is 0 Å². The minimum Gasteiger partial charge on any atom is -0.257 e. The minimum atomic E-state index is -4.35. The van der Waals surface area contributed by atoms with E-state index in [1.54, 1.807) is 0 Å². The molecule has 1 atom stereocenters. The highest BCUT2D eigenvalue weighted by atomic mass is 35.5. The van der Waals surface area contributed by atoms with Crippen molar-refractivity contribution in [2.75, 3.05) is 19.5 Å². The maximum atomic E-state index is 11.9. The second kappa shape index (κ2) is 11.8. The van der Waals surface area contributed by atoms with Gasteiger partial charge in [0.2, 0.25) is 0 Å². The van der Waals surface area contributed by atoms with Crippen molar-refractivity contribution >= 4 is 17.5 Å². The van der Waals surface area contributed by atoms with Crippen molar-refractivity contribution in [1.29, 1.82) is 0 Å². The number of alkyl halides is 7. The lowest BCUT2D eigenvalue weighted by Gasteiger charge is -2.14. The largest absolute Gasteiger partial charge is 0.438 e. The van der Waals surface area contributed by atoms with Crippen molar-refractivity contribution < 1.29 is 36.0 Å². The van der Waals surface area contributed by atoms with Crippen LogP contribution in [-0.2, 0) is 4.79 Å². The van der Waals surface area contributed by atoms with Crippen LogP contribution in [0.2, 0.25) is 0 Å². The first-order chi connectivity index (χ1) is 8.90. The molecule has 1 amide bonds. The summed E-state index contributed by atoms with van der Waals surface area (Å²) in [5.41, 5.74) is 0. The minimum absolute atomic E-state index is 0.0512. The van der Waals surface area contributed by atoms with Crippen LogP contribution in [0.15, 0.2) is 25.3 Å². The van der Waals surface area contributed by atoms with Gasteiger partial charge in [-0.25, -0.2) is 4.79 Å². The molecule has 0 fully saturated rings. The van der Waals surface area contributed by atoms with Crippen LogP contribution in [0.4, 0.5) is 26.3 Å². The van der Waals surface area contributed by atoms with Crippen molar-refractivity contribution in [1.82, 2.24) is 0 Å². The third-order valence-electron chi connectivity index (χ3n) is 1.34. The van der Waals surface area contributed by atoms with Gasteiger partial charge in [0.1, 0.15) is 6.54 Å². The predicted octanol–water partition coefficient (Wildman–Crippen LogP) is 2.76. The molecule has 1 N–H and O–H groups in total. The van der Waals surface area contributed by atoms with E-state index >= 15 is 0 Å². The number of hydrogen-bond donors (Lipinski definition) is 1. The number of amides is 1. The second-order valence-electron chi connectivity index (χ2n) is 3.24. The molecule has 0 saturated carbocycles. The van der Waals surface area contributed by atoms with Crippen LogP contribution < -0.4 is 4.90 Å². The number of carbonyl (C=O) groups is 1. The Bertz CT molecular complexity index is 282. The Balaban J connectivity index is -0.000000346. The van der Waals surface area contributed by atoms with E-state index in [0.717, 1.165) is 6.08 Å². The van der Waals surface area contributed by atoms with Gasteiger partial charge in [-0.05, 0) is 6.08 Å². The molecule has 0 aliphatic heterocycles. The maximum absolute atomic E-state index is 11.9. The zero-order valence-corrected chi connectivity index (χ0v) is 11.8. The zero-order chi connectivity index (χ0) is 17.0. The molecular formula is C11H17ClF6NO+. The van der Waals surface area contributed by atoms with Gasteiger partial charge in [0, 0.05) is 19.4 Å². The first-order valence-corrected chi connectivity index (χ1v) is 5.80. The predicted molar refractivity (Wildman–Crippen MR) is 65.7 cm³/mol. The summed E-state index contributed by atoms with van der Waals surface area (Å²) >= 11 is 4.64. The molecule has 0 heterocycles. The smallest absolute Gasteiger partial charge is 0.257 e. The number of rotatable bonds is 4. The van der Waals surface area contributed by atoms with Gasteiger partial charge >= 0.3 is 18.3 Å². The zero-order valence-electron chi connectivity index (χ0n) is 11.0. The number of carbonyl (C=O) groups excluding carboxylic acids is 1. The van der Waals surface area contributed by atoms with Crippen molar-refractivity contribution in [2.24, 2.45) is 0 Å². The standard InChI is InChI=1S/C8H10F3NO.C2H3F3.CH3Cl/c1-3-5-12(7(13)4-2)6-8(9,10)11;1-2(3,4)5;1-2/h3-4H,1-2,5-6H2;1H3;1H3/p+1. The first kappa shape index (κ1) is 24.0. The molecule has 0 bridgehead atoms. The van der Waals surface area contributed by atoms with Crippen LogP contribution in [0.5, 0.6) is 0 Å². The van der Waals surface area contributed by atoms with E-state index < -0.39 is 24.8 Å². The Kier molecular flexibility index (Phi) is 14.1. The summed E-state index contributed by atoms with van der Waals surface area (Å²) in [5.74, 6) is -0.669. The summed E-state index contributed by atoms with van der Waals surface area (Å²) in [4.78, 5) is 10.7. The van der Waals surface area contributed by atoms with Crippen molar-refractivity contribution in [2.45, 2.75) is 19.3 Å². The quantitative estimate of drug-likeness (QED) is 0.364. The highest BCUT2D eigenvalue weighted by molar-refractivity contribution is 6.15. The van der Waals surface area contributed by atoms with Gasteiger partial charge in [-0.1, -0.05) is 13.2 Å². The van der Waals surface area contributed by atoms with Gasteiger partial charge in [-0.15, -0.1) is 11.6 Å². The van der Waals surface area contributed by atoms with Crippen LogP contribution in [0.1, 0.15) is 6.92 Å². The van der Waals surface area contributed by atoms with E-state index in [4.69, 9.17) is 0 Å². The molecule has 0 aromatic carbocycles. The van der Waals surface area contributed by atoms with E-state index in [-0.39, 0.29) is 18.4 Å². The molecule has 0 spiro atoms. The molecular weight excluding hydrogens is 312 g/mol. The van der Waals surface area contributed by atoms with E-state index in [1.807, 2.05) is 0 Å². The van der Waals surface area contributed by atoms with Gasteiger partial charge in [0.15, 0.2) is 6.54 Å². The Morgan fingerprint density at radius 3 is 1.70 bits per heavy atom. The van der Waals surface area contributed by atoms with Gasteiger partial charge in [-0.2, -0.15) is 26.3 Å². The van der Waals surface area contributed by atoms with Crippen LogP contribution in [-0.4, -0.2) is 37.7 Å². The fraction of sp³-hybridized carbons (Fsp3) is 0.545. The Hall–Kier alpha value is -1.02. The molecule has 20 heavy (non-hydrogen) atoms. The number of hydrogen-bond acceptors (Lipinski definition) is 1. The summed E-state index contributed by atoms with van der Waals surface area (Å²) in [5, 5.41) is 0. The molecule has 0 radical (unpaired) electrons. The Morgan fingerprint density at radius 2 is 1.50 bits per heavy atom. The fourth-order valence-electron chi connectivity index (χ4n) is 0.820. The van der Waals surface area contributed by atoms with E-state index in [1.165, 1.54) is 12.5 Å². The highest BCUT2D eigenvalue weighted by Gasteiger charge is 2.35. The van der Waals surface area contributed by atoms with E-state index in [9.17, 15) is 31.1 Å². The molecule has 0 aromatic heterocycles. The molecule has 1 unspecified atom stereocenters. The third kappa shape index (κ3) is 25.7. The molecule has 0 aromatic rings. The number of nitrogens with one attached hydrogen (secondary N) is 1. The van der Waals surface area contributed by atoms with Crippen molar-refractivity contribution in [3.63, 3.8) is 0 Å². The van der Waals surface area contributed by atoms with E-state index in [0.29, 0.717) is 0 Å². The van der Waals surface area contributed by atoms with Gasteiger partial charge in [0.25, 0.3) is 0 Å².